The van der Waals surface area contributed by atoms with Crippen molar-refractivity contribution in [1.82, 2.24) is 5.43 Å². The third-order valence-electron chi connectivity index (χ3n) is 4.00. The second-order valence-electron chi connectivity index (χ2n) is 6.27. The van der Waals surface area contributed by atoms with Gasteiger partial charge in [0.1, 0.15) is 11.5 Å². The van der Waals surface area contributed by atoms with Crippen LogP contribution in [0, 0.1) is 10.1 Å². The van der Waals surface area contributed by atoms with Crippen molar-refractivity contribution >= 4 is 35.4 Å². The van der Waals surface area contributed by atoms with Gasteiger partial charge in [0.05, 0.1) is 21.7 Å². The van der Waals surface area contributed by atoms with Crippen molar-refractivity contribution in [2.24, 2.45) is 5.10 Å². The SMILES string of the molecule is O=C(COc1ccc([N+](=O)[O-])cc1)N/N=C/c1ccc(OC(=O)c2ccccc2Cl)cc1. The maximum atomic E-state index is 12.2. The van der Waals surface area contributed by atoms with Crippen molar-refractivity contribution in [3.8, 4) is 11.5 Å². The molecule has 0 bridgehead atoms. The molecule has 3 rings (SSSR count). The maximum Gasteiger partial charge on any atom is 0.345 e. The summed E-state index contributed by atoms with van der Waals surface area (Å²) in [7, 11) is 0. The van der Waals surface area contributed by atoms with E-state index in [4.69, 9.17) is 21.1 Å². The number of ether oxygens (including phenoxy) is 2. The van der Waals surface area contributed by atoms with E-state index in [1.54, 1.807) is 48.5 Å². The zero-order valence-electron chi connectivity index (χ0n) is 16.4. The van der Waals surface area contributed by atoms with E-state index in [-0.39, 0.29) is 17.9 Å². The number of nitro groups is 1. The van der Waals surface area contributed by atoms with Gasteiger partial charge in [-0.15, -0.1) is 0 Å². The summed E-state index contributed by atoms with van der Waals surface area (Å²) in [4.78, 5) is 34.0. The first-order valence-electron chi connectivity index (χ1n) is 9.18. The zero-order valence-corrected chi connectivity index (χ0v) is 17.2. The van der Waals surface area contributed by atoms with Crippen LogP contribution in [-0.4, -0.2) is 29.6 Å². The molecule has 3 aromatic rings. The van der Waals surface area contributed by atoms with Gasteiger partial charge in [-0.25, -0.2) is 10.2 Å². The van der Waals surface area contributed by atoms with Crippen LogP contribution in [0.2, 0.25) is 5.02 Å². The lowest BCUT2D eigenvalue weighted by molar-refractivity contribution is -0.384. The number of halogens is 1. The number of hydrogen-bond donors (Lipinski definition) is 1. The Morgan fingerprint density at radius 1 is 1.00 bits per heavy atom. The predicted molar refractivity (Wildman–Crippen MR) is 117 cm³/mol. The minimum atomic E-state index is -0.572. The van der Waals surface area contributed by atoms with Crippen LogP contribution in [-0.2, 0) is 4.79 Å². The molecule has 1 amide bonds. The molecule has 10 heteroatoms. The molecule has 0 aliphatic carbocycles. The van der Waals surface area contributed by atoms with Crippen LogP contribution in [0.25, 0.3) is 0 Å². The van der Waals surface area contributed by atoms with Gasteiger partial charge in [-0.1, -0.05) is 23.7 Å². The van der Waals surface area contributed by atoms with Crippen LogP contribution in [0.1, 0.15) is 15.9 Å². The van der Waals surface area contributed by atoms with Gasteiger partial charge in [-0.05, 0) is 54.1 Å². The molecule has 0 unspecified atom stereocenters. The van der Waals surface area contributed by atoms with Crippen molar-refractivity contribution in [2.45, 2.75) is 0 Å². The monoisotopic (exact) mass is 453 g/mol. The Hall–Kier alpha value is -4.24. The normalized spacial score (nSPS) is 10.5. The molecule has 0 aliphatic heterocycles. The standard InChI is InChI=1S/C22H16ClN3O6/c23-20-4-2-1-3-19(20)22(28)32-18-9-5-15(6-10-18)13-24-25-21(27)14-31-17-11-7-16(8-12-17)26(29)30/h1-13H,14H2,(H,25,27)/b24-13+. The Balaban J connectivity index is 1.46. The first kappa shape index (κ1) is 22.4. The van der Waals surface area contributed by atoms with Crippen LogP contribution in [0.15, 0.2) is 77.9 Å². The second kappa shape index (κ2) is 10.7. The van der Waals surface area contributed by atoms with Gasteiger partial charge in [0.15, 0.2) is 6.61 Å². The number of benzene rings is 3. The lowest BCUT2D eigenvalue weighted by Gasteiger charge is -2.06. The predicted octanol–water partition coefficient (Wildman–Crippen LogP) is 4.00. The lowest BCUT2D eigenvalue weighted by Crippen LogP contribution is -2.24. The van der Waals surface area contributed by atoms with Crippen molar-refractivity contribution < 1.29 is 24.0 Å². The average Bonchev–Trinajstić information content (AvgIpc) is 2.79. The van der Waals surface area contributed by atoms with Gasteiger partial charge in [0, 0.05) is 12.1 Å². The fourth-order valence-electron chi connectivity index (χ4n) is 2.43. The van der Waals surface area contributed by atoms with Crippen LogP contribution in [0.5, 0.6) is 11.5 Å². The highest BCUT2D eigenvalue weighted by molar-refractivity contribution is 6.33. The molecule has 1 N–H and O–H groups in total. The first-order valence-corrected chi connectivity index (χ1v) is 9.56. The van der Waals surface area contributed by atoms with E-state index >= 15 is 0 Å². The van der Waals surface area contributed by atoms with Gasteiger partial charge in [-0.2, -0.15) is 5.10 Å². The summed E-state index contributed by atoms with van der Waals surface area (Å²) < 4.78 is 10.5. The van der Waals surface area contributed by atoms with Gasteiger partial charge < -0.3 is 9.47 Å². The summed E-state index contributed by atoms with van der Waals surface area (Å²) in [5.41, 5.74) is 3.14. The van der Waals surface area contributed by atoms with Gasteiger partial charge in [0.2, 0.25) is 0 Å². The Kier molecular flexibility index (Phi) is 7.50. The average molecular weight is 454 g/mol. The second-order valence-corrected chi connectivity index (χ2v) is 6.68. The lowest BCUT2D eigenvalue weighted by atomic mass is 10.2. The number of amides is 1. The van der Waals surface area contributed by atoms with Crippen molar-refractivity contribution in [3.63, 3.8) is 0 Å². The molecule has 9 nitrogen and oxygen atoms in total. The van der Waals surface area contributed by atoms with E-state index < -0.39 is 16.8 Å². The molecule has 0 spiro atoms. The molecule has 0 fully saturated rings. The van der Waals surface area contributed by atoms with Crippen LogP contribution in [0.4, 0.5) is 5.69 Å². The Morgan fingerprint density at radius 2 is 1.66 bits per heavy atom. The molecule has 0 radical (unpaired) electrons. The topological polar surface area (TPSA) is 120 Å². The molecule has 3 aromatic carbocycles. The number of non-ortho nitro benzene ring substituents is 1. The molecular weight excluding hydrogens is 438 g/mol. The number of nitrogens with zero attached hydrogens (tertiary/aromatic N) is 2. The molecule has 0 heterocycles. The van der Waals surface area contributed by atoms with Gasteiger partial charge in [0.25, 0.3) is 11.6 Å². The molecule has 0 saturated heterocycles. The van der Waals surface area contributed by atoms with Crippen molar-refractivity contribution in [3.05, 3.63) is 99.1 Å². The Bertz CT molecular complexity index is 1150. The van der Waals surface area contributed by atoms with Crippen molar-refractivity contribution in [1.29, 1.82) is 0 Å². The van der Waals surface area contributed by atoms with E-state index in [1.807, 2.05) is 0 Å². The molecule has 0 aliphatic rings. The maximum absolute atomic E-state index is 12.2. The summed E-state index contributed by atoms with van der Waals surface area (Å²) >= 11 is 5.98. The van der Waals surface area contributed by atoms with Crippen molar-refractivity contribution in [2.75, 3.05) is 6.61 Å². The molecule has 162 valence electrons. The van der Waals surface area contributed by atoms with E-state index in [0.29, 0.717) is 22.1 Å². The fourth-order valence-corrected chi connectivity index (χ4v) is 2.65. The number of carbonyl (C=O) groups excluding carboxylic acids is 2. The highest BCUT2D eigenvalue weighted by atomic mass is 35.5. The zero-order chi connectivity index (χ0) is 22.9. The van der Waals surface area contributed by atoms with E-state index in [2.05, 4.69) is 10.5 Å². The Morgan fingerprint density at radius 3 is 2.31 bits per heavy atom. The van der Waals surface area contributed by atoms with Crippen LogP contribution < -0.4 is 14.9 Å². The highest BCUT2D eigenvalue weighted by Crippen LogP contribution is 2.19. The number of nitro benzene ring substituents is 1. The van der Waals surface area contributed by atoms with E-state index in [9.17, 15) is 19.7 Å². The third-order valence-corrected chi connectivity index (χ3v) is 4.33. The minimum absolute atomic E-state index is 0.0731. The fraction of sp³-hybridized carbons (Fsp3) is 0.0455. The Labute approximate surface area is 187 Å². The van der Waals surface area contributed by atoms with Crippen LogP contribution in [0.3, 0.4) is 0 Å². The van der Waals surface area contributed by atoms with E-state index in [1.165, 1.54) is 30.5 Å². The first-order chi connectivity index (χ1) is 15.4. The quantitative estimate of drug-likeness (QED) is 0.181. The largest absolute Gasteiger partial charge is 0.484 e. The van der Waals surface area contributed by atoms with Gasteiger partial charge >= 0.3 is 5.97 Å². The summed E-state index contributed by atoms with van der Waals surface area (Å²) in [6.07, 6.45) is 1.41. The summed E-state index contributed by atoms with van der Waals surface area (Å²) in [5.74, 6) is -0.438. The number of carbonyl (C=O) groups is 2. The number of hydrazone groups is 1. The number of hydrogen-bond acceptors (Lipinski definition) is 7. The number of esters is 1. The smallest absolute Gasteiger partial charge is 0.345 e. The third kappa shape index (κ3) is 6.38. The minimum Gasteiger partial charge on any atom is -0.484 e. The summed E-state index contributed by atoms with van der Waals surface area (Å²) in [5, 5.41) is 14.7. The summed E-state index contributed by atoms with van der Waals surface area (Å²) in [6, 6.07) is 18.4. The molecule has 0 aromatic heterocycles. The number of nitrogens with one attached hydrogen (secondary N) is 1. The highest BCUT2D eigenvalue weighted by Gasteiger charge is 2.12. The van der Waals surface area contributed by atoms with Gasteiger partial charge in [-0.3, -0.25) is 14.9 Å². The molecule has 0 atom stereocenters. The molecule has 32 heavy (non-hydrogen) atoms. The van der Waals surface area contributed by atoms with Crippen LogP contribution >= 0.6 is 11.6 Å². The molecule has 0 saturated carbocycles. The van der Waals surface area contributed by atoms with E-state index in [0.717, 1.165) is 0 Å². The molecular formula is C22H16ClN3O6. The number of rotatable bonds is 8. The summed E-state index contributed by atoms with van der Waals surface area (Å²) in [6.45, 7) is -0.313.